The Labute approximate surface area is 102 Å². The highest BCUT2D eigenvalue weighted by atomic mass is 32.2. The number of hydrogen-bond acceptors (Lipinski definition) is 4. The van der Waals surface area contributed by atoms with E-state index in [1.807, 2.05) is 0 Å². The second-order valence-corrected chi connectivity index (χ2v) is 7.44. The lowest BCUT2D eigenvalue weighted by molar-refractivity contribution is 0.140. The van der Waals surface area contributed by atoms with Gasteiger partial charge < -0.3 is 5.32 Å². The summed E-state index contributed by atoms with van der Waals surface area (Å²) in [6.45, 7) is 1.70. The maximum atomic E-state index is 14.4. The molecular weight excluding hydrogens is 243 g/mol. The van der Waals surface area contributed by atoms with Crippen LogP contribution in [0.2, 0.25) is 0 Å². The molecule has 4 nitrogen and oxygen atoms in total. The molecule has 17 heavy (non-hydrogen) atoms. The summed E-state index contributed by atoms with van der Waals surface area (Å²) in [6, 6.07) is 0. The molecule has 0 aliphatic carbocycles. The number of hydrogen-bond donors (Lipinski definition) is 2. The van der Waals surface area contributed by atoms with Gasteiger partial charge in [0.25, 0.3) is 0 Å². The van der Waals surface area contributed by atoms with Crippen molar-refractivity contribution in [3.63, 3.8) is 0 Å². The van der Waals surface area contributed by atoms with Gasteiger partial charge in [-0.2, -0.15) is 0 Å². The zero-order chi connectivity index (χ0) is 12.4. The average Bonchev–Trinajstić information content (AvgIpc) is 2.48. The molecule has 2 N–H and O–H groups in total. The maximum absolute atomic E-state index is 14.4. The summed E-state index contributed by atoms with van der Waals surface area (Å²) in [5.41, 5.74) is -1.25. The maximum Gasteiger partial charge on any atom is 0.166 e. The Morgan fingerprint density at radius 2 is 2.12 bits per heavy atom. The Hall–Kier alpha value is -0.200. The van der Waals surface area contributed by atoms with Gasteiger partial charge >= 0.3 is 0 Å². The molecule has 0 spiro atoms. The van der Waals surface area contributed by atoms with Gasteiger partial charge in [0.15, 0.2) is 9.84 Å². The van der Waals surface area contributed by atoms with E-state index in [9.17, 15) is 12.8 Å². The van der Waals surface area contributed by atoms with E-state index in [-0.39, 0.29) is 12.3 Å². The predicted molar refractivity (Wildman–Crippen MR) is 65.4 cm³/mol. The minimum Gasteiger partial charge on any atom is -0.317 e. The van der Waals surface area contributed by atoms with Crippen molar-refractivity contribution in [2.45, 2.75) is 43.1 Å². The van der Waals surface area contributed by atoms with Crippen molar-refractivity contribution in [2.75, 3.05) is 25.4 Å². The minimum absolute atomic E-state index is 0.165. The van der Waals surface area contributed by atoms with Crippen LogP contribution >= 0.6 is 0 Å². The van der Waals surface area contributed by atoms with Gasteiger partial charge in [-0.05, 0) is 45.2 Å². The summed E-state index contributed by atoms with van der Waals surface area (Å²) < 4.78 is 37.7. The van der Waals surface area contributed by atoms with Crippen LogP contribution in [0.5, 0.6) is 0 Å². The van der Waals surface area contributed by atoms with Crippen LogP contribution in [0, 0.1) is 0 Å². The Morgan fingerprint density at radius 1 is 1.29 bits per heavy atom. The standard InChI is InChI=1S/C11H21FN2O2S/c12-11(4-2-6-13-7-5-11)9-14-10-3-1-8-17(10,15)16/h10,13-14H,1-9H2. The average molecular weight is 264 g/mol. The van der Waals surface area contributed by atoms with Crippen LogP contribution in [0.1, 0.15) is 32.1 Å². The molecule has 2 fully saturated rings. The monoisotopic (exact) mass is 264 g/mol. The molecular formula is C11H21FN2O2S. The number of nitrogens with one attached hydrogen (secondary N) is 2. The van der Waals surface area contributed by atoms with Crippen molar-refractivity contribution in [3.8, 4) is 0 Å². The lowest BCUT2D eigenvalue weighted by Gasteiger charge is -2.25. The molecule has 2 aliphatic rings. The van der Waals surface area contributed by atoms with E-state index in [1.165, 1.54) is 0 Å². The number of alkyl halides is 1. The summed E-state index contributed by atoms with van der Waals surface area (Å²) in [5, 5.41) is 5.56. The van der Waals surface area contributed by atoms with Crippen molar-refractivity contribution in [1.29, 1.82) is 0 Å². The van der Waals surface area contributed by atoms with Gasteiger partial charge in [-0.3, -0.25) is 5.32 Å². The lowest BCUT2D eigenvalue weighted by atomic mass is 9.97. The van der Waals surface area contributed by atoms with Crippen LogP contribution in [0.25, 0.3) is 0 Å². The van der Waals surface area contributed by atoms with Gasteiger partial charge in [-0.1, -0.05) is 0 Å². The summed E-state index contributed by atoms with van der Waals surface area (Å²) in [7, 11) is -3.02. The first kappa shape index (κ1) is 13.2. The topological polar surface area (TPSA) is 58.2 Å². The highest BCUT2D eigenvalue weighted by Gasteiger charge is 2.35. The van der Waals surface area contributed by atoms with Crippen molar-refractivity contribution in [3.05, 3.63) is 0 Å². The molecule has 2 heterocycles. The Morgan fingerprint density at radius 3 is 2.82 bits per heavy atom. The molecule has 0 radical (unpaired) electrons. The molecule has 2 rings (SSSR count). The summed E-state index contributed by atoms with van der Waals surface area (Å²) in [4.78, 5) is 0. The molecule has 2 aliphatic heterocycles. The molecule has 2 atom stereocenters. The molecule has 0 amide bonds. The third kappa shape index (κ3) is 3.39. The minimum atomic E-state index is -3.02. The van der Waals surface area contributed by atoms with Crippen LogP contribution in [-0.2, 0) is 9.84 Å². The van der Waals surface area contributed by atoms with Gasteiger partial charge in [0.05, 0.1) is 5.75 Å². The molecule has 0 aromatic rings. The van der Waals surface area contributed by atoms with E-state index >= 15 is 0 Å². The highest BCUT2D eigenvalue weighted by molar-refractivity contribution is 7.92. The highest BCUT2D eigenvalue weighted by Crippen LogP contribution is 2.25. The second kappa shape index (κ2) is 5.20. The van der Waals surface area contributed by atoms with E-state index in [2.05, 4.69) is 10.6 Å². The molecule has 6 heteroatoms. The van der Waals surface area contributed by atoms with E-state index in [1.54, 1.807) is 0 Å². The molecule has 0 saturated carbocycles. The van der Waals surface area contributed by atoms with Crippen LogP contribution in [0.3, 0.4) is 0 Å². The van der Waals surface area contributed by atoms with E-state index in [4.69, 9.17) is 0 Å². The second-order valence-electron chi connectivity index (χ2n) is 5.13. The van der Waals surface area contributed by atoms with Crippen molar-refractivity contribution in [2.24, 2.45) is 0 Å². The molecule has 2 saturated heterocycles. The summed E-state index contributed by atoms with van der Waals surface area (Å²) in [5.74, 6) is 0.242. The smallest absolute Gasteiger partial charge is 0.166 e. The number of sulfone groups is 1. The van der Waals surface area contributed by atoms with Crippen molar-refractivity contribution in [1.82, 2.24) is 10.6 Å². The zero-order valence-corrected chi connectivity index (χ0v) is 10.9. The van der Waals surface area contributed by atoms with Crippen molar-refractivity contribution < 1.29 is 12.8 Å². The number of halogens is 1. The fraction of sp³-hybridized carbons (Fsp3) is 1.00. The first-order valence-corrected chi connectivity index (χ1v) is 8.08. The largest absolute Gasteiger partial charge is 0.317 e. The SMILES string of the molecule is O=S1(=O)CCCC1NCC1(F)CCCNCC1. The van der Waals surface area contributed by atoms with Crippen LogP contribution in [0.4, 0.5) is 4.39 Å². The van der Waals surface area contributed by atoms with Crippen LogP contribution in [0.15, 0.2) is 0 Å². The van der Waals surface area contributed by atoms with Gasteiger partial charge in [0.1, 0.15) is 11.0 Å². The lowest BCUT2D eigenvalue weighted by Crippen LogP contribution is -2.43. The third-order valence-electron chi connectivity index (χ3n) is 3.70. The predicted octanol–water partition coefficient (Wildman–Crippen LogP) is 0.592. The molecule has 100 valence electrons. The first-order chi connectivity index (χ1) is 8.02. The molecule has 0 aromatic carbocycles. The molecule has 0 bridgehead atoms. The number of rotatable bonds is 3. The molecule has 0 aromatic heterocycles. The van der Waals surface area contributed by atoms with Gasteiger partial charge in [0, 0.05) is 6.54 Å². The zero-order valence-electron chi connectivity index (χ0n) is 10.0. The first-order valence-electron chi connectivity index (χ1n) is 6.36. The molecule has 2 unspecified atom stereocenters. The quantitative estimate of drug-likeness (QED) is 0.783. The third-order valence-corrected chi connectivity index (χ3v) is 5.83. The van der Waals surface area contributed by atoms with E-state index in [0.717, 1.165) is 13.0 Å². The Balaban J connectivity index is 1.88. The van der Waals surface area contributed by atoms with Crippen LogP contribution < -0.4 is 10.6 Å². The fourth-order valence-electron chi connectivity index (χ4n) is 2.59. The van der Waals surface area contributed by atoms with Gasteiger partial charge in [0.2, 0.25) is 0 Å². The van der Waals surface area contributed by atoms with E-state index in [0.29, 0.717) is 32.2 Å². The van der Waals surface area contributed by atoms with Crippen molar-refractivity contribution >= 4 is 9.84 Å². The summed E-state index contributed by atoms with van der Waals surface area (Å²) >= 11 is 0. The van der Waals surface area contributed by atoms with Gasteiger partial charge in [-0.25, -0.2) is 12.8 Å². The Bertz CT molecular complexity index is 350. The Kier molecular flexibility index (Phi) is 4.05. The van der Waals surface area contributed by atoms with E-state index < -0.39 is 20.9 Å². The van der Waals surface area contributed by atoms with Gasteiger partial charge in [-0.15, -0.1) is 0 Å². The fourth-order valence-corrected chi connectivity index (χ4v) is 4.30. The summed E-state index contributed by atoms with van der Waals surface area (Å²) in [6.07, 6.45) is 3.11. The normalized spacial score (nSPS) is 37.8. The van der Waals surface area contributed by atoms with Crippen LogP contribution in [-0.4, -0.2) is 44.8 Å².